The summed E-state index contributed by atoms with van der Waals surface area (Å²) >= 11 is 13.4. The summed E-state index contributed by atoms with van der Waals surface area (Å²) in [7, 11) is 0. The number of aromatic nitrogens is 3. The third kappa shape index (κ3) is 3.98. The molecule has 3 rings (SSSR count). The number of pyridine rings is 1. The first-order chi connectivity index (χ1) is 12.4. The van der Waals surface area contributed by atoms with Crippen molar-refractivity contribution in [3.8, 4) is 0 Å². The summed E-state index contributed by atoms with van der Waals surface area (Å²) in [4.78, 5) is 12.5. The molecule has 0 spiro atoms. The van der Waals surface area contributed by atoms with E-state index in [4.69, 9.17) is 23.2 Å². The highest BCUT2D eigenvalue weighted by molar-refractivity contribution is 7.99. The summed E-state index contributed by atoms with van der Waals surface area (Å²) in [5.74, 6) is 0.426. The highest BCUT2D eigenvalue weighted by Gasteiger charge is 2.15. The smallest absolute Gasteiger partial charge is 0.234 e. The summed E-state index contributed by atoms with van der Waals surface area (Å²) < 4.78 is 1.69. The van der Waals surface area contributed by atoms with Gasteiger partial charge in [-0.3, -0.25) is 9.20 Å². The van der Waals surface area contributed by atoms with Crippen LogP contribution in [0.1, 0.15) is 30.9 Å². The predicted octanol–water partition coefficient (Wildman–Crippen LogP) is 5.20. The fourth-order valence-corrected chi connectivity index (χ4v) is 3.87. The van der Waals surface area contributed by atoms with Gasteiger partial charge in [-0.2, -0.15) is 0 Å². The molecule has 0 bridgehead atoms. The van der Waals surface area contributed by atoms with Gasteiger partial charge in [0.1, 0.15) is 0 Å². The highest BCUT2D eigenvalue weighted by Crippen LogP contribution is 2.28. The number of rotatable bonds is 5. The molecule has 26 heavy (non-hydrogen) atoms. The third-order valence-electron chi connectivity index (χ3n) is 3.92. The molecule has 0 aliphatic carbocycles. The van der Waals surface area contributed by atoms with Crippen molar-refractivity contribution in [1.82, 2.24) is 14.6 Å². The van der Waals surface area contributed by atoms with Crippen LogP contribution in [0.5, 0.6) is 0 Å². The SMILES string of the molecule is Cc1cccc(C(C)C)c1NC(=O)CSc1nnc2c(Cl)cc(Cl)cn12. The number of carbonyl (C=O) groups is 1. The normalized spacial score (nSPS) is 11.3. The Morgan fingerprint density at radius 1 is 1.31 bits per heavy atom. The number of nitrogens with one attached hydrogen (secondary N) is 1. The average Bonchev–Trinajstić information content (AvgIpc) is 2.97. The molecule has 1 aromatic carbocycles. The van der Waals surface area contributed by atoms with Gasteiger partial charge in [0.2, 0.25) is 5.91 Å². The van der Waals surface area contributed by atoms with Crippen LogP contribution in [0.15, 0.2) is 35.6 Å². The maximum absolute atomic E-state index is 12.5. The molecule has 3 aromatic rings. The fourth-order valence-electron chi connectivity index (χ4n) is 2.65. The molecule has 2 aromatic heterocycles. The van der Waals surface area contributed by atoms with Gasteiger partial charge in [-0.15, -0.1) is 10.2 Å². The van der Waals surface area contributed by atoms with E-state index in [0.29, 0.717) is 26.8 Å². The summed E-state index contributed by atoms with van der Waals surface area (Å²) in [5, 5.41) is 12.6. The van der Waals surface area contributed by atoms with E-state index in [1.165, 1.54) is 11.8 Å². The number of halogens is 2. The first-order valence-electron chi connectivity index (χ1n) is 8.08. The lowest BCUT2D eigenvalue weighted by Gasteiger charge is -2.16. The van der Waals surface area contributed by atoms with Gasteiger partial charge in [-0.1, -0.05) is 67.0 Å². The van der Waals surface area contributed by atoms with Crippen molar-refractivity contribution in [2.75, 3.05) is 11.1 Å². The molecule has 1 amide bonds. The van der Waals surface area contributed by atoms with E-state index in [0.717, 1.165) is 16.8 Å². The minimum Gasteiger partial charge on any atom is -0.325 e. The first kappa shape index (κ1) is 19.0. The Balaban J connectivity index is 1.75. The number of nitrogens with zero attached hydrogens (tertiary/aromatic N) is 3. The number of carbonyl (C=O) groups excluding carboxylic acids is 1. The Morgan fingerprint density at radius 3 is 2.81 bits per heavy atom. The van der Waals surface area contributed by atoms with E-state index >= 15 is 0 Å². The maximum Gasteiger partial charge on any atom is 0.234 e. The van der Waals surface area contributed by atoms with Crippen molar-refractivity contribution in [3.05, 3.63) is 51.6 Å². The van der Waals surface area contributed by atoms with Gasteiger partial charge in [0.25, 0.3) is 0 Å². The van der Waals surface area contributed by atoms with Crippen molar-refractivity contribution in [2.24, 2.45) is 0 Å². The summed E-state index contributed by atoms with van der Waals surface area (Å²) in [5.41, 5.74) is 3.56. The molecule has 0 aliphatic rings. The van der Waals surface area contributed by atoms with Crippen molar-refractivity contribution in [1.29, 1.82) is 0 Å². The quantitative estimate of drug-likeness (QED) is 0.589. The monoisotopic (exact) mass is 408 g/mol. The fraction of sp³-hybridized carbons (Fsp3) is 0.278. The molecule has 0 unspecified atom stereocenters. The summed E-state index contributed by atoms with van der Waals surface area (Å²) in [6.45, 7) is 6.20. The van der Waals surface area contributed by atoms with E-state index in [1.54, 1.807) is 16.7 Å². The molecule has 5 nitrogen and oxygen atoms in total. The largest absolute Gasteiger partial charge is 0.325 e. The number of hydrogen-bond acceptors (Lipinski definition) is 4. The number of anilines is 1. The molecular formula is C18H18Cl2N4OS. The second-order valence-corrected chi connectivity index (χ2v) is 8.00. The standard InChI is InChI=1S/C18H18Cl2N4OS/c1-10(2)13-6-4-5-11(3)16(13)21-15(25)9-26-18-23-22-17-14(20)7-12(19)8-24(17)18/h4-8,10H,9H2,1-3H3,(H,21,25). The van der Waals surface area contributed by atoms with E-state index in [2.05, 4.69) is 29.4 Å². The molecule has 8 heteroatoms. The minimum atomic E-state index is -0.101. The number of fused-ring (bicyclic) bond motifs is 1. The number of aryl methyl sites for hydroxylation is 1. The Morgan fingerprint density at radius 2 is 2.08 bits per heavy atom. The number of para-hydroxylation sites is 1. The average molecular weight is 409 g/mol. The Labute approximate surface area is 166 Å². The molecule has 0 fully saturated rings. The molecule has 136 valence electrons. The number of benzene rings is 1. The molecule has 0 saturated carbocycles. The number of amides is 1. The lowest BCUT2D eigenvalue weighted by atomic mass is 9.98. The van der Waals surface area contributed by atoms with E-state index in [9.17, 15) is 4.79 Å². The molecule has 0 aliphatic heterocycles. The third-order valence-corrected chi connectivity index (χ3v) is 5.35. The van der Waals surface area contributed by atoms with E-state index in [-0.39, 0.29) is 11.7 Å². The highest BCUT2D eigenvalue weighted by atomic mass is 35.5. The summed E-state index contributed by atoms with van der Waals surface area (Å²) in [6, 6.07) is 7.64. The van der Waals surface area contributed by atoms with Crippen LogP contribution in [0.4, 0.5) is 5.69 Å². The van der Waals surface area contributed by atoms with Crippen LogP contribution in [-0.2, 0) is 4.79 Å². The van der Waals surface area contributed by atoms with Gasteiger partial charge in [0.05, 0.1) is 15.8 Å². The Kier molecular flexibility index (Phi) is 5.75. The molecule has 0 atom stereocenters. The number of hydrogen-bond donors (Lipinski definition) is 1. The van der Waals surface area contributed by atoms with Gasteiger partial charge in [0.15, 0.2) is 10.8 Å². The Hall–Kier alpha value is -1.76. The Bertz CT molecular complexity index is 971. The van der Waals surface area contributed by atoms with E-state index < -0.39 is 0 Å². The first-order valence-corrected chi connectivity index (χ1v) is 9.83. The van der Waals surface area contributed by atoms with Gasteiger partial charge in [-0.25, -0.2) is 0 Å². The topological polar surface area (TPSA) is 59.3 Å². The zero-order chi connectivity index (χ0) is 18.8. The summed E-state index contributed by atoms with van der Waals surface area (Å²) in [6.07, 6.45) is 1.68. The van der Waals surface area contributed by atoms with Crippen molar-refractivity contribution in [2.45, 2.75) is 31.8 Å². The number of thioether (sulfide) groups is 1. The van der Waals surface area contributed by atoms with Crippen LogP contribution in [-0.4, -0.2) is 26.3 Å². The van der Waals surface area contributed by atoms with Crippen molar-refractivity contribution >= 4 is 52.2 Å². The molecule has 0 saturated heterocycles. The zero-order valence-electron chi connectivity index (χ0n) is 14.6. The van der Waals surface area contributed by atoms with Gasteiger partial charge >= 0.3 is 0 Å². The van der Waals surface area contributed by atoms with Crippen molar-refractivity contribution < 1.29 is 4.79 Å². The van der Waals surface area contributed by atoms with Gasteiger partial charge in [-0.05, 0) is 30.0 Å². The van der Waals surface area contributed by atoms with Crippen LogP contribution in [0.3, 0.4) is 0 Å². The van der Waals surface area contributed by atoms with Gasteiger partial charge in [0, 0.05) is 11.9 Å². The molecular weight excluding hydrogens is 391 g/mol. The van der Waals surface area contributed by atoms with Crippen molar-refractivity contribution in [3.63, 3.8) is 0 Å². The lowest BCUT2D eigenvalue weighted by Crippen LogP contribution is -2.17. The van der Waals surface area contributed by atoms with Crippen LogP contribution in [0, 0.1) is 6.92 Å². The van der Waals surface area contributed by atoms with Crippen LogP contribution < -0.4 is 5.32 Å². The van der Waals surface area contributed by atoms with Gasteiger partial charge < -0.3 is 5.32 Å². The molecule has 2 heterocycles. The predicted molar refractivity (Wildman–Crippen MR) is 108 cm³/mol. The van der Waals surface area contributed by atoms with Crippen LogP contribution in [0.25, 0.3) is 5.65 Å². The lowest BCUT2D eigenvalue weighted by molar-refractivity contribution is -0.113. The second kappa shape index (κ2) is 7.86. The molecule has 0 radical (unpaired) electrons. The maximum atomic E-state index is 12.5. The van der Waals surface area contributed by atoms with Crippen LogP contribution >= 0.6 is 35.0 Å². The zero-order valence-corrected chi connectivity index (χ0v) is 16.9. The second-order valence-electron chi connectivity index (χ2n) is 6.21. The molecule has 1 N–H and O–H groups in total. The van der Waals surface area contributed by atoms with Crippen LogP contribution in [0.2, 0.25) is 10.0 Å². The van der Waals surface area contributed by atoms with E-state index in [1.807, 2.05) is 25.1 Å². The minimum absolute atomic E-state index is 0.101.